The Kier molecular flexibility index (Phi) is 4.04. The van der Waals surface area contributed by atoms with Crippen LogP contribution in [-0.4, -0.2) is 29.6 Å². The quantitative estimate of drug-likeness (QED) is 0.840. The molecule has 0 spiro atoms. The summed E-state index contributed by atoms with van der Waals surface area (Å²) in [5.41, 5.74) is 1.17. The fourth-order valence-electron chi connectivity index (χ4n) is 2.09. The Hall–Kier alpha value is -1.32. The van der Waals surface area contributed by atoms with Crippen LogP contribution in [0, 0.1) is 12.8 Å². The average Bonchev–Trinajstić information content (AvgIpc) is 3.15. The zero-order valence-corrected chi connectivity index (χ0v) is 11.9. The van der Waals surface area contributed by atoms with Crippen LogP contribution in [0.3, 0.4) is 0 Å². The fraction of sp³-hybridized carbons (Fsp3) is 0.714. The normalized spacial score (nSPS) is 14.9. The van der Waals surface area contributed by atoms with Crippen molar-refractivity contribution < 1.29 is 0 Å². The molecule has 1 heterocycles. The number of aryl methyl sites for hydroxylation is 1. The van der Waals surface area contributed by atoms with Crippen molar-refractivity contribution in [3.8, 4) is 0 Å². The van der Waals surface area contributed by atoms with Gasteiger partial charge in [0.15, 0.2) is 0 Å². The molecule has 4 heteroatoms. The van der Waals surface area contributed by atoms with Crippen LogP contribution in [-0.2, 0) is 0 Å². The highest BCUT2D eigenvalue weighted by atomic mass is 15.3. The summed E-state index contributed by atoms with van der Waals surface area (Å²) in [6.07, 6.45) is 5.74. The maximum absolute atomic E-state index is 4.63. The van der Waals surface area contributed by atoms with Gasteiger partial charge >= 0.3 is 0 Å². The Morgan fingerprint density at radius 2 is 2.17 bits per heavy atom. The molecule has 1 fully saturated rings. The zero-order valence-electron chi connectivity index (χ0n) is 11.9. The third kappa shape index (κ3) is 3.12. The van der Waals surface area contributed by atoms with Crippen molar-refractivity contribution in [1.82, 2.24) is 9.97 Å². The average molecular weight is 248 g/mol. The molecule has 1 saturated carbocycles. The lowest BCUT2D eigenvalue weighted by Crippen LogP contribution is -2.29. The van der Waals surface area contributed by atoms with E-state index in [0.29, 0.717) is 12.0 Å². The standard InChI is InChI=1S/C14H24N4/c1-10(2)7-8-18(12-5-6-12)13-11(3)9-16-14(15-4)17-13/h9-10,12H,5-8H2,1-4H3,(H,15,16,17). The lowest BCUT2D eigenvalue weighted by atomic mass is 10.1. The van der Waals surface area contributed by atoms with Crippen LogP contribution in [0.4, 0.5) is 11.8 Å². The number of hydrogen-bond acceptors (Lipinski definition) is 4. The zero-order chi connectivity index (χ0) is 13.1. The van der Waals surface area contributed by atoms with Gasteiger partial charge in [-0.2, -0.15) is 4.98 Å². The minimum Gasteiger partial charge on any atom is -0.357 e. The molecule has 0 aliphatic heterocycles. The Balaban J connectivity index is 2.18. The van der Waals surface area contributed by atoms with Gasteiger partial charge < -0.3 is 10.2 Å². The van der Waals surface area contributed by atoms with Crippen molar-refractivity contribution >= 4 is 11.8 Å². The Morgan fingerprint density at radius 1 is 1.44 bits per heavy atom. The summed E-state index contributed by atoms with van der Waals surface area (Å²) in [7, 11) is 1.87. The predicted octanol–water partition coefficient (Wildman–Crippen LogP) is 2.84. The van der Waals surface area contributed by atoms with Gasteiger partial charge in [0.05, 0.1) is 0 Å². The molecule has 0 atom stereocenters. The van der Waals surface area contributed by atoms with E-state index in [9.17, 15) is 0 Å². The Bertz CT molecular complexity index is 399. The highest BCUT2D eigenvalue weighted by Crippen LogP contribution is 2.33. The van der Waals surface area contributed by atoms with Gasteiger partial charge in [-0.15, -0.1) is 0 Å². The molecule has 4 nitrogen and oxygen atoms in total. The fourth-order valence-corrected chi connectivity index (χ4v) is 2.09. The van der Waals surface area contributed by atoms with E-state index in [2.05, 4.69) is 41.0 Å². The first-order chi connectivity index (χ1) is 8.61. The number of nitrogens with zero attached hydrogens (tertiary/aromatic N) is 3. The third-order valence-corrected chi connectivity index (χ3v) is 3.38. The number of aromatic nitrogens is 2. The number of rotatable bonds is 6. The van der Waals surface area contributed by atoms with Gasteiger partial charge in [-0.05, 0) is 32.1 Å². The van der Waals surface area contributed by atoms with E-state index in [1.807, 2.05) is 13.2 Å². The van der Waals surface area contributed by atoms with Crippen molar-refractivity contribution in [2.75, 3.05) is 23.8 Å². The number of hydrogen-bond donors (Lipinski definition) is 1. The number of nitrogens with one attached hydrogen (secondary N) is 1. The molecule has 0 saturated heterocycles. The summed E-state index contributed by atoms with van der Waals surface area (Å²) in [5, 5.41) is 3.02. The van der Waals surface area contributed by atoms with Gasteiger partial charge in [0.1, 0.15) is 5.82 Å². The summed E-state index contributed by atoms with van der Waals surface area (Å²) >= 11 is 0. The Morgan fingerprint density at radius 3 is 2.72 bits per heavy atom. The van der Waals surface area contributed by atoms with Crippen LogP contribution in [0.25, 0.3) is 0 Å². The first kappa shape index (κ1) is 13.1. The van der Waals surface area contributed by atoms with Crippen molar-refractivity contribution in [1.29, 1.82) is 0 Å². The summed E-state index contributed by atoms with van der Waals surface area (Å²) in [6, 6.07) is 0.696. The molecule has 0 radical (unpaired) electrons. The van der Waals surface area contributed by atoms with Crippen molar-refractivity contribution in [3.63, 3.8) is 0 Å². The van der Waals surface area contributed by atoms with E-state index in [-0.39, 0.29) is 0 Å². The summed E-state index contributed by atoms with van der Waals surface area (Å²) in [6.45, 7) is 7.75. The van der Waals surface area contributed by atoms with Gasteiger partial charge in [0, 0.05) is 31.4 Å². The largest absolute Gasteiger partial charge is 0.357 e. The molecule has 0 aromatic carbocycles. The lowest BCUT2D eigenvalue weighted by molar-refractivity contribution is 0.568. The first-order valence-electron chi connectivity index (χ1n) is 6.90. The van der Waals surface area contributed by atoms with Gasteiger partial charge in [-0.25, -0.2) is 4.98 Å². The summed E-state index contributed by atoms with van der Waals surface area (Å²) in [4.78, 5) is 11.4. The second-order valence-corrected chi connectivity index (χ2v) is 5.56. The second kappa shape index (κ2) is 5.55. The molecule has 1 aromatic heterocycles. The van der Waals surface area contributed by atoms with Crippen molar-refractivity contribution in [2.45, 2.75) is 46.1 Å². The molecular formula is C14H24N4. The highest BCUT2D eigenvalue weighted by Gasteiger charge is 2.30. The van der Waals surface area contributed by atoms with Crippen molar-refractivity contribution in [2.24, 2.45) is 5.92 Å². The third-order valence-electron chi connectivity index (χ3n) is 3.38. The molecule has 1 aliphatic carbocycles. The van der Waals surface area contributed by atoms with Crippen LogP contribution in [0.1, 0.15) is 38.7 Å². The molecule has 0 unspecified atom stereocenters. The molecule has 1 aliphatic rings. The molecule has 1 N–H and O–H groups in total. The van der Waals surface area contributed by atoms with Gasteiger partial charge in [-0.3, -0.25) is 0 Å². The predicted molar refractivity (Wildman–Crippen MR) is 76.1 cm³/mol. The molecular weight excluding hydrogens is 224 g/mol. The molecule has 2 rings (SSSR count). The van der Waals surface area contributed by atoms with E-state index in [1.165, 1.54) is 24.8 Å². The van der Waals surface area contributed by atoms with E-state index < -0.39 is 0 Å². The van der Waals surface area contributed by atoms with E-state index in [4.69, 9.17) is 0 Å². The van der Waals surface area contributed by atoms with Gasteiger partial charge in [-0.1, -0.05) is 13.8 Å². The molecule has 18 heavy (non-hydrogen) atoms. The monoisotopic (exact) mass is 248 g/mol. The molecule has 1 aromatic rings. The van der Waals surface area contributed by atoms with Crippen LogP contribution < -0.4 is 10.2 Å². The first-order valence-corrected chi connectivity index (χ1v) is 6.90. The minimum absolute atomic E-state index is 0.696. The number of anilines is 2. The topological polar surface area (TPSA) is 41.1 Å². The van der Waals surface area contributed by atoms with Crippen molar-refractivity contribution in [3.05, 3.63) is 11.8 Å². The molecule has 0 bridgehead atoms. The maximum Gasteiger partial charge on any atom is 0.224 e. The van der Waals surface area contributed by atoms with Gasteiger partial charge in [0.25, 0.3) is 0 Å². The summed E-state index contributed by atoms with van der Waals surface area (Å²) < 4.78 is 0. The van der Waals surface area contributed by atoms with E-state index in [0.717, 1.165) is 18.3 Å². The van der Waals surface area contributed by atoms with E-state index >= 15 is 0 Å². The van der Waals surface area contributed by atoms with Crippen LogP contribution >= 0.6 is 0 Å². The van der Waals surface area contributed by atoms with Gasteiger partial charge in [0.2, 0.25) is 5.95 Å². The SMILES string of the molecule is CNc1ncc(C)c(N(CCC(C)C)C2CC2)n1. The lowest BCUT2D eigenvalue weighted by Gasteiger charge is -2.26. The second-order valence-electron chi connectivity index (χ2n) is 5.56. The smallest absolute Gasteiger partial charge is 0.224 e. The summed E-state index contributed by atoms with van der Waals surface area (Å²) in [5.74, 6) is 2.56. The van der Waals surface area contributed by atoms with E-state index in [1.54, 1.807) is 0 Å². The molecule has 100 valence electrons. The van der Waals surface area contributed by atoms with Crippen LogP contribution in [0.15, 0.2) is 6.20 Å². The minimum atomic E-state index is 0.696. The van der Waals surface area contributed by atoms with Crippen LogP contribution in [0.2, 0.25) is 0 Å². The highest BCUT2D eigenvalue weighted by molar-refractivity contribution is 5.50. The Labute approximate surface area is 110 Å². The van der Waals surface area contributed by atoms with Crippen LogP contribution in [0.5, 0.6) is 0 Å². The molecule has 0 amide bonds. The maximum atomic E-state index is 4.63.